The summed E-state index contributed by atoms with van der Waals surface area (Å²) >= 11 is 1.50. The molecular weight excluding hydrogens is 456 g/mol. The van der Waals surface area contributed by atoms with Crippen LogP contribution in [-0.2, 0) is 15.3 Å². The van der Waals surface area contributed by atoms with Crippen LogP contribution in [0.25, 0.3) is 0 Å². The quantitative estimate of drug-likeness (QED) is 0.519. The molecule has 34 heavy (non-hydrogen) atoms. The molecule has 1 heterocycles. The van der Waals surface area contributed by atoms with E-state index in [2.05, 4.69) is 5.32 Å². The first-order valence-electron chi connectivity index (χ1n) is 10.7. The highest BCUT2D eigenvalue weighted by Gasteiger charge is 2.32. The predicted octanol–water partition coefficient (Wildman–Crippen LogP) is 4.49. The second kappa shape index (κ2) is 11.7. The monoisotopic (exact) mass is 486 g/mol. The van der Waals surface area contributed by atoms with E-state index in [1.54, 1.807) is 41.4 Å². The molecule has 0 saturated carbocycles. The van der Waals surface area contributed by atoms with Crippen molar-refractivity contribution < 1.29 is 28.5 Å². The summed E-state index contributed by atoms with van der Waals surface area (Å²) in [6.45, 7) is 3.89. The number of nitrogens with one attached hydrogen (secondary N) is 1. The molecule has 1 N–H and O–H groups in total. The third kappa shape index (κ3) is 5.59. The average molecular weight is 487 g/mol. The minimum Gasteiger partial charge on any atom is -0.497 e. The molecule has 1 atom stereocenters. The molecule has 2 aromatic carbocycles. The van der Waals surface area contributed by atoms with Crippen molar-refractivity contribution in [1.82, 2.24) is 5.32 Å². The molecule has 0 aromatic heterocycles. The normalized spacial score (nSPS) is 15.2. The summed E-state index contributed by atoms with van der Waals surface area (Å²) in [7, 11) is 6.43. The zero-order valence-electron chi connectivity index (χ0n) is 20.3. The number of hydrogen-bond donors (Lipinski definition) is 1. The Bertz CT molecular complexity index is 1100. The van der Waals surface area contributed by atoms with E-state index in [9.17, 15) is 4.79 Å². The van der Waals surface area contributed by atoms with E-state index in [1.165, 1.54) is 11.8 Å². The number of amidine groups is 1. The van der Waals surface area contributed by atoms with Crippen LogP contribution in [0.4, 0.5) is 0 Å². The number of carbonyl (C=O) groups excluding carboxylic acids is 1. The summed E-state index contributed by atoms with van der Waals surface area (Å²) in [5, 5.41) is 3.92. The average Bonchev–Trinajstić information content (AvgIpc) is 2.86. The van der Waals surface area contributed by atoms with E-state index in [0.29, 0.717) is 33.7 Å². The molecule has 0 fully saturated rings. The van der Waals surface area contributed by atoms with Crippen molar-refractivity contribution in [3.05, 3.63) is 58.8 Å². The first-order valence-corrected chi connectivity index (χ1v) is 11.7. The van der Waals surface area contributed by atoms with E-state index in [4.69, 9.17) is 28.7 Å². The van der Waals surface area contributed by atoms with Crippen LogP contribution in [0.2, 0.25) is 0 Å². The fourth-order valence-corrected chi connectivity index (χ4v) is 4.53. The molecule has 1 aliphatic heterocycles. The molecular formula is C25H30N2O6S. The predicted molar refractivity (Wildman–Crippen MR) is 133 cm³/mol. The van der Waals surface area contributed by atoms with E-state index in [1.807, 2.05) is 37.3 Å². The molecule has 1 aliphatic rings. The maximum Gasteiger partial charge on any atom is 0.338 e. The lowest BCUT2D eigenvalue weighted by molar-refractivity contribution is -0.138. The van der Waals surface area contributed by atoms with Gasteiger partial charge in [-0.05, 0) is 44.2 Å². The van der Waals surface area contributed by atoms with Gasteiger partial charge in [0, 0.05) is 28.6 Å². The van der Waals surface area contributed by atoms with E-state index in [-0.39, 0.29) is 6.61 Å². The summed E-state index contributed by atoms with van der Waals surface area (Å²) in [5.74, 6) is 2.90. The first kappa shape index (κ1) is 25.3. The number of aliphatic imine (C=N–C) groups is 1. The maximum absolute atomic E-state index is 12.9. The van der Waals surface area contributed by atoms with Crippen molar-refractivity contribution in [1.29, 1.82) is 0 Å². The van der Waals surface area contributed by atoms with Gasteiger partial charge >= 0.3 is 5.97 Å². The number of allylic oxidation sites excluding steroid dienone is 1. The Morgan fingerprint density at radius 1 is 0.971 bits per heavy atom. The zero-order chi connectivity index (χ0) is 24.7. The van der Waals surface area contributed by atoms with Gasteiger partial charge in [-0.3, -0.25) is 0 Å². The number of methoxy groups -OCH3 is 4. The fourth-order valence-electron chi connectivity index (χ4n) is 3.60. The molecule has 8 nitrogen and oxygen atoms in total. The number of nitrogens with zero attached hydrogens (tertiary/aromatic N) is 1. The molecule has 9 heteroatoms. The van der Waals surface area contributed by atoms with Crippen molar-refractivity contribution in [2.75, 3.05) is 35.0 Å². The second-order valence-electron chi connectivity index (χ2n) is 7.30. The van der Waals surface area contributed by atoms with Gasteiger partial charge in [0.05, 0.1) is 40.6 Å². The number of thioether (sulfide) groups is 1. The molecule has 0 spiro atoms. The highest BCUT2D eigenvalue weighted by atomic mass is 32.2. The third-order valence-corrected chi connectivity index (χ3v) is 6.24. The van der Waals surface area contributed by atoms with Crippen LogP contribution in [0, 0.1) is 0 Å². The van der Waals surface area contributed by atoms with E-state index >= 15 is 0 Å². The Labute approximate surface area is 204 Å². The summed E-state index contributed by atoms with van der Waals surface area (Å²) in [4.78, 5) is 17.7. The first-order chi connectivity index (χ1) is 16.4. The fraction of sp³-hybridized carbons (Fsp3) is 0.360. The molecule has 3 rings (SSSR count). The van der Waals surface area contributed by atoms with Crippen LogP contribution < -0.4 is 24.3 Å². The second-order valence-corrected chi connectivity index (χ2v) is 8.26. The van der Waals surface area contributed by atoms with Crippen LogP contribution in [-0.4, -0.2) is 46.2 Å². The summed E-state index contributed by atoms with van der Waals surface area (Å²) < 4.78 is 27.1. The number of carbonyl (C=O) groups is 1. The standard InChI is InChI=1S/C25H30N2O6S/c1-7-33-24(28)22-15(2)26-25(34-14-16-12-17(29-3)9-11-20(16)31-5)27-23(22)19-10-8-18(30-4)13-21(19)32-6/h8-13,23H,7,14H2,1-6H3,(H,26,27)/t23-/m0/s1. The van der Waals surface area contributed by atoms with Gasteiger partial charge in [0.1, 0.15) is 29.0 Å². The molecule has 0 saturated heterocycles. The molecule has 2 aromatic rings. The van der Waals surface area contributed by atoms with Crippen LogP contribution in [0.1, 0.15) is 31.0 Å². The van der Waals surface area contributed by atoms with Crippen LogP contribution in [0.15, 0.2) is 52.7 Å². The third-order valence-electron chi connectivity index (χ3n) is 5.30. The van der Waals surface area contributed by atoms with Gasteiger partial charge < -0.3 is 29.0 Å². The van der Waals surface area contributed by atoms with Crippen molar-refractivity contribution in [2.45, 2.75) is 25.6 Å². The lowest BCUT2D eigenvalue weighted by Gasteiger charge is -2.27. The summed E-state index contributed by atoms with van der Waals surface area (Å²) in [5.41, 5.74) is 2.82. The Hall–Kier alpha value is -3.33. The minimum absolute atomic E-state index is 0.267. The minimum atomic E-state index is -0.601. The van der Waals surface area contributed by atoms with Crippen molar-refractivity contribution in [2.24, 2.45) is 4.99 Å². The van der Waals surface area contributed by atoms with Crippen LogP contribution in [0.5, 0.6) is 23.0 Å². The van der Waals surface area contributed by atoms with Gasteiger partial charge in [0.2, 0.25) is 0 Å². The van der Waals surface area contributed by atoms with Gasteiger partial charge in [-0.15, -0.1) is 0 Å². The van der Waals surface area contributed by atoms with Gasteiger partial charge in [0.15, 0.2) is 5.17 Å². The lowest BCUT2D eigenvalue weighted by Crippen LogP contribution is -2.30. The van der Waals surface area contributed by atoms with Crippen LogP contribution >= 0.6 is 11.8 Å². The van der Waals surface area contributed by atoms with Gasteiger partial charge in [-0.2, -0.15) is 0 Å². The Balaban J connectivity index is 1.97. The number of ether oxygens (including phenoxy) is 5. The Kier molecular flexibility index (Phi) is 8.70. The van der Waals surface area contributed by atoms with Crippen molar-refractivity contribution >= 4 is 22.9 Å². The summed E-state index contributed by atoms with van der Waals surface area (Å²) in [6, 6.07) is 10.5. The van der Waals surface area contributed by atoms with Crippen LogP contribution in [0.3, 0.4) is 0 Å². The van der Waals surface area contributed by atoms with Crippen molar-refractivity contribution in [3.8, 4) is 23.0 Å². The molecule has 0 amide bonds. The molecule has 0 bridgehead atoms. The van der Waals surface area contributed by atoms with E-state index < -0.39 is 12.0 Å². The molecule has 0 aliphatic carbocycles. The highest BCUT2D eigenvalue weighted by Crippen LogP contribution is 2.39. The Morgan fingerprint density at radius 3 is 2.29 bits per heavy atom. The van der Waals surface area contributed by atoms with E-state index in [0.717, 1.165) is 22.6 Å². The van der Waals surface area contributed by atoms with Gasteiger partial charge in [0.25, 0.3) is 0 Å². The Morgan fingerprint density at radius 2 is 1.65 bits per heavy atom. The lowest BCUT2D eigenvalue weighted by atomic mass is 9.95. The van der Waals surface area contributed by atoms with Crippen molar-refractivity contribution in [3.63, 3.8) is 0 Å². The largest absolute Gasteiger partial charge is 0.497 e. The van der Waals surface area contributed by atoms with Gasteiger partial charge in [-0.25, -0.2) is 9.79 Å². The zero-order valence-corrected chi connectivity index (χ0v) is 21.1. The number of esters is 1. The number of benzene rings is 2. The molecule has 182 valence electrons. The maximum atomic E-state index is 12.9. The number of hydrogen-bond acceptors (Lipinski definition) is 9. The highest BCUT2D eigenvalue weighted by molar-refractivity contribution is 8.13. The molecule has 0 unspecified atom stereocenters. The number of rotatable bonds is 9. The SMILES string of the molecule is CCOC(=O)C1=C(C)NC(SCc2cc(OC)ccc2OC)=N[C@H]1c1ccc(OC)cc1OC. The summed E-state index contributed by atoms with van der Waals surface area (Å²) in [6.07, 6.45) is 0. The smallest absolute Gasteiger partial charge is 0.338 e. The van der Waals surface area contributed by atoms with Gasteiger partial charge in [-0.1, -0.05) is 11.8 Å². The topological polar surface area (TPSA) is 87.6 Å². The molecule has 0 radical (unpaired) electrons.